The predicted octanol–water partition coefficient (Wildman–Crippen LogP) is 16.9. The number of rotatable bonds is 13. The maximum absolute atomic E-state index is 11.0. The third-order valence-electron chi connectivity index (χ3n) is 16.6. The van der Waals surface area contributed by atoms with Crippen LogP contribution in [0.15, 0.2) is 218 Å². The van der Waals surface area contributed by atoms with Gasteiger partial charge in [-0.1, -0.05) is 166 Å². The van der Waals surface area contributed by atoms with Gasteiger partial charge in [-0.25, -0.2) is 15.0 Å². The van der Waals surface area contributed by atoms with Gasteiger partial charge in [-0.15, -0.1) is 0 Å². The number of hydrogen-bond acceptors (Lipinski definition) is 6. The third kappa shape index (κ3) is 8.72. The number of aryl methyl sites for hydroxylation is 4. The first-order chi connectivity index (χ1) is 40.3. The number of fused-ring (bicyclic) bond motifs is 7. The van der Waals surface area contributed by atoms with Gasteiger partial charge in [0.25, 0.3) is 6.71 Å². The van der Waals surface area contributed by atoms with Crippen LogP contribution in [-0.2, 0) is 12.8 Å². The first-order valence-corrected chi connectivity index (χ1v) is 29.0. The Balaban J connectivity index is 1.01. The second-order valence-corrected chi connectivity index (χ2v) is 22.1. The van der Waals surface area contributed by atoms with Gasteiger partial charge < -0.3 is 14.4 Å². The van der Waals surface area contributed by atoms with Crippen LogP contribution < -0.4 is 26.2 Å². The fraction of sp³-hybridized carbons (Fsp3) is 0.135. The molecule has 0 amide bonds. The number of nitriles is 1. The molecule has 2 aromatic heterocycles. The highest BCUT2D eigenvalue weighted by atomic mass is 15.2. The first-order valence-electron chi connectivity index (χ1n) is 29.0. The van der Waals surface area contributed by atoms with Gasteiger partial charge in [-0.2, -0.15) is 5.26 Å². The first kappa shape index (κ1) is 50.4. The van der Waals surface area contributed by atoms with Crippen LogP contribution in [0.25, 0.3) is 72.8 Å². The Morgan fingerprint density at radius 2 is 0.939 bits per heavy atom. The minimum atomic E-state index is 0.00318. The average molecular weight is 1060 g/mol. The van der Waals surface area contributed by atoms with Crippen molar-refractivity contribution in [1.29, 1.82) is 5.26 Å². The average Bonchev–Trinajstić information content (AvgIpc) is 1.23. The molecule has 10 aromatic carbocycles. The van der Waals surface area contributed by atoms with E-state index in [1.54, 1.807) is 0 Å². The lowest BCUT2D eigenvalue weighted by Crippen LogP contribution is -2.61. The monoisotopic (exact) mass is 1060 g/mol. The molecule has 4 heterocycles. The zero-order chi connectivity index (χ0) is 55.4. The summed E-state index contributed by atoms with van der Waals surface area (Å²) in [5, 5.41) is 13.2. The highest BCUT2D eigenvalue weighted by Crippen LogP contribution is 2.48. The minimum Gasteiger partial charge on any atom is -0.311 e. The third-order valence-corrected chi connectivity index (χ3v) is 16.6. The molecule has 0 fully saturated rings. The van der Waals surface area contributed by atoms with E-state index < -0.39 is 0 Å². The zero-order valence-electron chi connectivity index (χ0n) is 46.7. The Bertz CT molecular complexity index is 4310. The number of nitrogens with zero attached hydrogens (tertiary/aromatic N) is 7. The topological polar surface area (TPSA) is 73.9 Å². The Morgan fingerprint density at radius 1 is 0.427 bits per heavy atom. The smallest absolute Gasteiger partial charge is 0.252 e. The summed E-state index contributed by atoms with van der Waals surface area (Å²) in [5.41, 5.74) is 24.2. The van der Waals surface area contributed by atoms with Gasteiger partial charge in [0, 0.05) is 56.0 Å². The summed E-state index contributed by atoms with van der Waals surface area (Å²) in [5.74, 6) is 1.50. The van der Waals surface area contributed by atoms with Gasteiger partial charge in [-0.3, -0.25) is 0 Å². The summed E-state index contributed by atoms with van der Waals surface area (Å²) >= 11 is 0. The van der Waals surface area contributed by atoms with Gasteiger partial charge in [0.1, 0.15) is 0 Å². The lowest BCUT2D eigenvalue weighted by Gasteiger charge is -2.44. The van der Waals surface area contributed by atoms with E-state index in [9.17, 15) is 5.26 Å². The van der Waals surface area contributed by atoms with Crippen LogP contribution in [-0.4, -0.2) is 26.2 Å². The van der Waals surface area contributed by atoms with Crippen LogP contribution in [0.2, 0.25) is 0 Å². The molecule has 7 nitrogen and oxygen atoms in total. The van der Waals surface area contributed by atoms with E-state index in [1.165, 1.54) is 72.8 Å². The van der Waals surface area contributed by atoms with Crippen LogP contribution in [0.1, 0.15) is 67.3 Å². The molecule has 394 valence electrons. The van der Waals surface area contributed by atoms with Crippen molar-refractivity contribution in [3.05, 3.63) is 246 Å². The van der Waals surface area contributed by atoms with Gasteiger partial charge in [0.05, 0.1) is 33.9 Å². The minimum absolute atomic E-state index is 0.00318. The van der Waals surface area contributed by atoms with E-state index in [2.05, 4.69) is 194 Å². The quantitative estimate of drug-likeness (QED) is 0.107. The Morgan fingerprint density at radius 3 is 1.51 bits per heavy atom. The molecule has 0 N–H and O–H groups in total. The van der Waals surface area contributed by atoms with Gasteiger partial charge in [-0.05, 0) is 168 Å². The number of anilines is 6. The second-order valence-electron chi connectivity index (χ2n) is 22.1. The molecule has 12 aromatic rings. The number of benzene rings is 10. The number of unbranched alkanes of at least 4 members (excludes halogenated alkanes) is 2. The molecule has 0 aliphatic carbocycles. The van der Waals surface area contributed by atoms with E-state index in [0.717, 1.165) is 88.3 Å². The zero-order valence-corrected chi connectivity index (χ0v) is 46.7. The summed E-state index contributed by atoms with van der Waals surface area (Å²) in [7, 11) is 0. The molecule has 0 spiro atoms. The molecule has 0 saturated heterocycles. The lowest BCUT2D eigenvalue weighted by atomic mass is 9.33. The van der Waals surface area contributed by atoms with Gasteiger partial charge in [0.2, 0.25) is 0 Å². The maximum atomic E-state index is 11.0. The van der Waals surface area contributed by atoms with Crippen LogP contribution in [0, 0.1) is 25.2 Å². The summed E-state index contributed by atoms with van der Waals surface area (Å²) in [6.07, 6.45) is 6.63. The van der Waals surface area contributed by atoms with Crippen molar-refractivity contribution in [3.8, 4) is 57.0 Å². The van der Waals surface area contributed by atoms with Gasteiger partial charge >= 0.3 is 0 Å². The fourth-order valence-corrected chi connectivity index (χ4v) is 13.0. The molecule has 2 aliphatic rings. The maximum Gasteiger partial charge on any atom is 0.252 e. The summed E-state index contributed by atoms with van der Waals surface area (Å²) in [6.45, 7) is 9.05. The van der Waals surface area contributed by atoms with Crippen LogP contribution in [0.3, 0.4) is 0 Å². The fourth-order valence-electron chi connectivity index (χ4n) is 13.0. The van der Waals surface area contributed by atoms with Crippen molar-refractivity contribution in [1.82, 2.24) is 19.5 Å². The molecule has 82 heavy (non-hydrogen) atoms. The molecule has 0 unspecified atom stereocenters. The molecule has 2 aliphatic heterocycles. The molecule has 14 rings (SSSR count). The summed E-state index contributed by atoms with van der Waals surface area (Å²) < 4.78 is 2.29. The Hall–Kier alpha value is -9.84. The van der Waals surface area contributed by atoms with Crippen molar-refractivity contribution in [2.45, 2.75) is 66.2 Å². The van der Waals surface area contributed by atoms with Crippen molar-refractivity contribution in [2.75, 3.05) is 9.80 Å². The summed E-state index contributed by atoms with van der Waals surface area (Å²) in [6, 6.07) is 81.5. The molecular formula is C74H60BN7. The van der Waals surface area contributed by atoms with Crippen molar-refractivity contribution in [3.63, 3.8) is 0 Å². The van der Waals surface area contributed by atoms with Gasteiger partial charge in [0.15, 0.2) is 17.5 Å². The Labute approximate surface area is 480 Å². The van der Waals surface area contributed by atoms with E-state index in [0.29, 0.717) is 28.6 Å². The second kappa shape index (κ2) is 21.0. The normalized spacial score (nSPS) is 12.4. The molecular weight excluding hydrogens is 998 g/mol. The molecule has 0 radical (unpaired) electrons. The van der Waals surface area contributed by atoms with Crippen molar-refractivity contribution in [2.24, 2.45) is 0 Å². The SMILES string of the molecule is CCCCc1cc(C)cc(N2c3ccccc3B3c4ccccc4N(c4cc(C)cc(CCCC)c4)c4cc(-c5ccc6c(c5)c5ccccc5n6-c5cccc(C#N)c5-c5nc(-c6ccccc6)nc(-c6ccccc6)n5)cc2c43)c1. The molecule has 0 saturated carbocycles. The molecule has 0 atom stereocenters. The van der Waals surface area contributed by atoms with E-state index in [1.807, 2.05) is 72.8 Å². The number of para-hydroxylation sites is 3. The van der Waals surface area contributed by atoms with Crippen molar-refractivity contribution >= 4 is 79.0 Å². The standard InChI is InChI=1S/C74H60BN7/c1-5-7-22-50-38-48(3)40-57(42-50)80-65-33-19-16-30-61(65)75-62-31-17-20-34-66(62)81(58-41-49(4)39-51(43-58)23-8-6-2)69-46-56(45-68(80)71(69)75)54-36-37-64-60(44-54)59-29-15-18-32-63(59)82(64)67-35-21-28-55(47-76)70(67)74-78-72(52-24-11-9-12-25-52)77-73(79-74)53-26-13-10-14-27-53/h9-21,24-46H,5-8,22-23H2,1-4H3. The number of hydrogen-bond donors (Lipinski definition) is 0. The van der Waals surface area contributed by atoms with Crippen LogP contribution in [0.5, 0.6) is 0 Å². The Kier molecular flexibility index (Phi) is 12.9. The van der Waals surface area contributed by atoms with E-state index in [4.69, 9.17) is 15.0 Å². The lowest BCUT2D eigenvalue weighted by molar-refractivity contribution is 0.794. The van der Waals surface area contributed by atoms with Crippen LogP contribution >= 0.6 is 0 Å². The largest absolute Gasteiger partial charge is 0.311 e. The van der Waals surface area contributed by atoms with Crippen molar-refractivity contribution < 1.29 is 0 Å². The van der Waals surface area contributed by atoms with E-state index >= 15 is 0 Å². The highest BCUT2D eigenvalue weighted by Gasteiger charge is 2.43. The molecule has 0 bridgehead atoms. The predicted molar refractivity (Wildman–Crippen MR) is 341 cm³/mol. The van der Waals surface area contributed by atoms with Crippen LogP contribution in [0.4, 0.5) is 34.1 Å². The van der Waals surface area contributed by atoms with E-state index in [-0.39, 0.29) is 6.71 Å². The highest BCUT2D eigenvalue weighted by molar-refractivity contribution is 7.00. The number of aromatic nitrogens is 4. The summed E-state index contributed by atoms with van der Waals surface area (Å²) in [4.78, 5) is 20.5. The molecule has 8 heteroatoms.